The van der Waals surface area contributed by atoms with Crippen LogP contribution in [-0.4, -0.2) is 65.7 Å². The molecule has 0 saturated carbocycles. The number of aliphatic imine (C=N–C) groups is 1. The molecule has 2 N–H and O–H groups in total. The number of benzene rings is 1. The lowest BCUT2D eigenvalue weighted by molar-refractivity contribution is 0.0698. The normalized spacial score (nSPS) is 12.1. The fourth-order valence-corrected chi connectivity index (χ4v) is 2.16. The molecular formula is C19H34IN3O4. The number of rotatable bonds is 13. The first-order valence-electron chi connectivity index (χ1n) is 9.09. The maximum absolute atomic E-state index is 5.93. The van der Waals surface area contributed by atoms with Gasteiger partial charge in [0.1, 0.15) is 6.10 Å². The van der Waals surface area contributed by atoms with Crippen molar-refractivity contribution in [1.29, 1.82) is 0 Å². The summed E-state index contributed by atoms with van der Waals surface area (Å²) in [5, 5.41) is 6.53. The number of hydrogen-bond acceptors (Lipinski definition) is 5. The Morgan fingerprint density at radius 3 is 2.48 bits per heavy atom. The molecule has 0 aliphatic heterocycles. The van der Waals surface area contributed by atoms with Gasteiger partial charge in [-0.05, 0) is 32.4 Å². The monoisotopic (exact) mass is 495 g/mol. The first kappa shape index (κ1) is 25.7. The fourth-order valence-electron chi connectivity index (χ4n) is 2.16. The summed E-state index contributed by atoms with van der Waals surface area (Å²) < 4.78 is 21.6. The Morgan fingerprint density at radius 2 is 1.81 bits per heavy atom. The molecule has 1 aromatic rings. The lowest BCUT2D eigenvalue weighted by atomic mass is 10.3. The first-order valence-corrected chi connectivity index (χ1v) is 9.09. The van der Waals surface area contributed by atoms with Gasteiger partial charge < -0.3 is 29.6 Å². The van der Waals surface area contributed by atoms with Crippen LogP contribution in [0.2, 0.25) is 0 Å². The molecule has 0 aromatic heterocycles. The first-order chi connectivity index (χ1) is 12.7. The van der Waals surface area contributed by atoms with Gasteiger partial charge in [-0.15, -0.1) is 24.0 Å². The highest BCUT2D eigenvalue weighted by atomic mass is 127. The van der Waals surface area contributed by atoms with E-state index in [0.717, 1.165) is 37.0 Å². The second kappa shape index (κ2) is 16.9. The molecule has 156 valence electrons. The molecule has 0 heterocycles. The predicted molar refractivity (Wildman–Crippen MR) is 120 cm³/mol. The lowest BCUT2D eigenvalue weighted by Gasteiger charge is -2.16. The Balaban J connectivity index is 0.00000676. The Kier molecular flexibility index (Phi) is 16.1. The van der Waals surface area contributed by atoms with E-state index in [1.54, 1.807) is 14.2 Å². The molecule has 8 heteroatoms. The van der Waals surface area contributed by atoms with Crippen LogP contribution in [0.3, 0.4) is 0 Å². The van der Waals surface area contributed by atoms with Crippen molar-refractivity contribution in [3.63, 3.8) is 0 Å². The van der Waals surface area contributed by atoms with Crippen molar-refractivity contribution < 1.29 is 18.9 Å². The van der Waals surface area contributed by atoms with Crippen LogP contribution >= 0.6 is 24.0 Å². The number of nitrogens with one attached hydrogen (secondary N) is 2. The second-order valence-electron chi connectivity index (χ2n) is 5.68. The highest BCUT2D eigenvalue weighted by molar-refractivity contribution is 14.0. The molecule has 0 saturated heterocycles. The molecule has 1 rings (SSSR count). The van der Waals surface area contributed by atoms with Gasteiger partial charge in [0.2, 0.25) is 0 Å². The molecular weight excluding hydrogens is 461 g/mol. The van der Waals surface area contributed by atoms with Crippen molar-refractivity contribution in [2.75, 3.05) is 53.7 Å². The Morgan fingerprint density at radius 1 is 1.07 bits per heavy atom. The number of ether oxygens (including phenoxy) is 4. The summed E-state index contributed by atoms with van der Waals surface area (Å²) in [6, 6.07) is 7.62. The van der Waals surface area contributed by atoms with Crippen molar-refractivity contribution in [2.45, 2.75) is 26.4 Å². The molecule has 27 heavy (non-hydrogen) atoms. The number of nitrogens with zero attached hydrogens (tertiary/aromatic N) is 1. The Labute approximate surface area is 180 Å². The van der Waals surface area contributed by atoms with E-state index < -0.39 is 0 Å². The van der Waals surface area contributed by atoms with Crippen molar-refractivity contribution in [2.24, 2.45) is 4.99 Å². The van der Waals surface area contributed by atoms with Crippen LogP contribution in [0.15, 0.2) is 29.3 Å². The van der Waals surface area contributed by atoms with Crippen LogP contribution in [0.25, 0.3) is 0 Å². The topological polar surface area (TPSA) is 73.3 Å². The molecule has 0 radical (unpaired) electrons. The third-order valence-electron chi connectivity index (χ3n) is 3.44. The zero-order valence-electron chi connectivity index (χ0n) is 16.8. The van der Waals surface area contributed by atoms with Crippen LogP contribution in [0.5, 0.6) is 11.5 Å². The van der Waals surface area contributed by atoms with E-state index in [-0.39, 0.29) is 30.1 Å². The standard InChI is InChI=1S/C19H33N3O4.HI/c1-5-20-19(21-11-8-12-25-14-13-23-3)22-15-16(2)26-18-10-7-6-9-17(18)24-4;/h6-7,9-10,16H,5,8,11-15H2,1-4H3,(H2,20,21,22);1H. The van der Waals surface area contributed by atoms with E-state index in [1.807, 2.05) is 38.1 Å². The van der Waals surface area contributed by atoms with Crippen molar-refractivity contribution >= 4 is 29.9 Å². The SMILES string of the molecule is CCNC(=NCC(C)Oc1ccccc1OC)NCCCOCCOC.I. The van der Waals surface area contributed by atoms with E-state index in [1.165, 1.54) is 0 Å². The minimum atomic E-state index is -0.0702. The van der Waals surface area contributed by atoms with Gasteiger partial charge in [0.15, 0.2) is 17.5 Å². The largest absolute Gasteiger partial charge is 0.493 e. The van der Waals surface area contributed by atoms with E-state index in [9.17, 15) is 0 Å². The third-order valence-corrected chi connectivity index (χ3v) is 3.44. The summed E-state index contributed by atoms with van der Waals surface area (Å²) in [7, 11) is 3.31. The number of hydrogen-bond donors (Lipinski definition) is 2. The molecule has 1 atom stereocenters. The molecule has 0 fully saturated rings. The Hall–Kier alpha value is -1.26. The summed E-state index contributed by atoms with van der Waals surface area (Å²) >= 11 is 0. The molecule has 7 nitrogen and oxygen atoms in total. The zero-order valence-corrected chi connectivity index (χ0v) is 19.2. The van der Waals surface area contributed by atoms with Gasteiger partial charge in [-0.1, -0.05) is 12.1 Å². The van der Waals surface area contributed by atoms with E-state index in [0.29, 0.717) is 26.4 Å². The molecule has 0 spiro atoms. The minimum absolute atomic E-state index is 0. The number of para-hydroxylation sites is 2. The quantitative estimate of drug-likeness (QED) is 0.190. The number of methoxy groups -OCH3 is 2. The summed E-state index contributed by atoms with van der Waals surface area (Å²) in [4.78, 5) is 4.58. The van der Waals surface area contributed by atoms with Crippen molar-refractivity contribution in [1.82, 2.24) is 10.6 Å². The second-order valence-corrected chi connectivity index (χ2v) is 5.68. The van der Waals surface area contributed by atoms with Crippen LogP contribution in [-0.2, 0) is 9.47 Å². The maximum Gasteiger partial charge on any atom is 0.191 e. The predicted octanol–water partition coefficient (Wildman–Crippen LogP) is 2.69. The highest BCUT2D eigenvalue weighted by Crippen LogP contribution is 2.26. The zero-order chi connectivity index (χ0) is 19.0. The van der Waals surface area contributed by atoms with E-state index in [2.05, 4.69) is 15.6 Å². The van der Waals surface area contributed by atoms with Crippen LogP contribution in [0.4, 0.5) is 0 Å². The molecule has 1 aromatic carbocycles. The minimum Gasteiger partial charge on any atom is -0.493 e. The summed E-state index contributed by atoms with van der Waals surface area (Å²) in [6.45, 7) is 8.12. The summed E-state index contributed by atoms with van der Waals surface area (Å²) in [5.74, 6) is 2.23. The maximum atomic E-state index is 5.93. The highest BCUT2D eigenvalue weighted by Gasteiger charge is 2.08. The van der Waals surface area contributed by atoms with Gasteiger partial charge in [-0.2, -0.15) is 0 Å². The average Bonchev–Trinajstić information content (AvgIpc) is 2.65. The molecule has 0 amide bonds. The van der Waals surface area contributed by atoms with Gasteiger partial charge in [0.05, 0.1) is 26.9 Å². The molecule has 0 aliphatic carbocycles. The third kappa shape index (κ3) is 11.9. The number of guanidine groups is 1. The smallest absolute Gasteiger partial charge is 0.191 e. The summed E-state index contributed by atoms with van der Waals surface area (Å²) in [5.41, 5.74) is 0. The molecule has 1 unspecified atom stereocenters. The van der Waals surface area contributed by atoms with Crippen LogP contribution in [0, 0.1) is 0 Å². The van der Waals surface area contributed by atoms with E-state index in [4.69, 9.17) is 18.9 Å². The van der Waals surface area contributed by atoms with Gasteiger partial charge in [0.25, 0.3) is 0 Å². The van der Waals surface area contributed by atoms with Gasteiger partial charge >= 0.3 is 0 Å². The summed E-state index contributed by atoms with van der Waals surface area (Å²) in [6.07, 6.45) is 0.834. The number of halogens is 1. The Bertz CT molecular complexity index is 517. The van der Waals surface area contributed by atoms with Crippen molar-refractivity contribution in [3.05, 3.63) is 24.3 Å². The van der Waals surface area contributed by atoms with Gasteiger partial charge in [-0.25, -0.2) is 4.99 Å². The molecule has 0 bridgehead atoms. The van der Waals surface area contributed by atoms with Crippen LogP contribution in [0.1, 0.15) is 20.3 Å². The van der Waals surface area contributed by atoms with Crippen molar-refractivity contribution in [3.8, 4) is 11.5 Å². The molecule has 0 aliphatic rings. The lowest BCUT2D eigenvalue weighted by Crippen LogP contribution is -2.38. The van der Waals surface area contributed by atoms with Crippen LogP contribution < -0.4 is 20.1 Å². The van der Waals surface area contributed by atoms with Gasteiger partial charge in [-0.3, -0.25) is 0 Å². The van der Waals surface area contributed by atoms with Gasteiger partial charge in [0, 0.05) is 26.8 Å². The fraction of sp³-hybridized carbons (Fsp3) is 0.632. The average molecular weight is 495 g/mol. The van der Waals surface area contributed by atoms with E-state index >= 15 is 0 Å².